The molecule has 94 valence electrons. The van der Waals surface area contributed by atoms with Crippen LogP contribution in [0.2, 0.25) is 0 Å². The highest BCUT2D eigenvalue weighted by atomic mass is 32.2. The molecule has 0 atom stereocenters. The summed E-state index contributed by atoms with van der Waals surface area (Å²) >= 11 is 0. The zero-order valence-corrected chi connectivity index (χ0v) is 10.2. The van der Waals surface area contributed by atoms with Crippen LogP contribution in [0.25, 0.3) is 0 Å². The minimum absolute atomic E-state index is 0.0574. The average Bonchev–Trinajstić information content (AvgIpc) is 2.29. The molecule has 0 amide bonds. The molecule has 0 heterocycles. The third-order valence-electron chi connectivity index (χ3n) is 2.16. The maximum Gasteiger partial charge on any atom is 0.329 e. The van der Waals surface area contributed by atoms with E-state index in [0.717, 1.165) is 5.56 Å². The van der Waals surface area contributed by atoms with Gasteiger partial charge in [0.25, 0.3) is 0 Å². The van der Waals surface area contributed by atoms with E-state index in [9.17, 15) is 13.2 Å². The third kappa shape index (κ3) is 4.16. The van der Waals surface area contributed by atoms with Crippen LogP contribution in [0.5, 0.6) is 0 Å². The van der Waals surface area contributed by atoms with Gasteiger partial charge >= 0.3 is 5.97 Å². The van der Waals surface area contributed by atoms with Gasteiger partial charge in [0.15, 0.2) is 9.84 Å². The van der Waals surface area contributed by atoms with E-state index in [0.29, 0.717) is 0 Å². The topological polar surface area (TPSA) is 80.7 Å². The standard InChI is InChI=1S/C11H14O5S/c1-2-17(14,15)10-5-3-9(4-6-10)7-16-8-11(12)13/h3-6H,2,7-8H2,1H3,(H,12,13). The Morgan fingerprint density at radius 1 is 1.29 bits per heavy atom. The summed E-state index contributed by atoms with van der Waals surface area (Å²) in [6.07, 6.45) is 0. The fraction of sp³-hybridized carbons (Fsp3) is 0.364. The molecular weight excluding hydrogens is 244 g/mol. The van der Waals surface area contributed by atoms with E-state index < -0.39 is 15.8 Å². The summed E-state index contributed by atoms with van der Waals surface area (Å²) in [5.41, 5.74) is 0.737. The highest BCUT2D eigenvalue weighted by molar-refractivity contribution is 7.91. The van der Waals surface area contributed by atoms with Gasteiger partial charge in [0.05, 0.1) is 17.3 Å². The number of benzene rings is 1. The highest BCUT2D eigenvalue weighted by Gasteiger charge is 2.10. The molecule has 0 saturated heterocycles. The molecule has 0 spiro atoms. The maximum absolute atomic E-state index is 11.5. The molecule has 1 rings (SSSR count). The monoisotopic (exact) mass is 258 g/mol. The summed E-state index contributed by atoms with van der Waals surface area (Å²) in [6.45, 7) is 1.37. The molecule has 0 aromatic heterocycles. The van der Waals surface area contributed by atoms with Crippen LogP contribution >= 0.6 is 0 Å². The van der Waals surface area contributed by atoms with Gasteiger partial charge in [0.1, 0.15) is 6.61 Å². The Labute approximate surface area is 100.0 Å². The number of rotatable bonds is 6. The zero-order valence-electron chi connectivity index (χ0n) is 9.42. The van der Waals surface area contributed by atoms with Gasteiger partial charge < -0.3 is 9.84 Å². The summed E-state index contributed by atoms with van der Waals surface area (Å²) in [7, 11) is -3.18. The maximum atomic E-state index is 11.5. The van der Waals surface area contributed by atoms with Crippen molar-refractivity contribution in [3.8, 4) is 0 Å². The SMILES string of the molecule is CCS(=O)(=O)c1ccc(COCC(=O)O)cc1. The Hall–Kier alpha value is -1.40. The first kappa shape index (κ1) is 13.7. The smallest absolute Gasteiger partial charge is 0.329 e. The first-order valence-corrected chi connectivity index (χ1v) is 6.72. The molecule has 0 fully saturated rings. The van der Waals surface area contributed by atoms with Crippen LogP contribution < -0.4 is 0 Å². The van der Waals surface area contributed by atoms with Crippen molar-refractivity contribution in [3.05, 3.63) is 29.8 Å². The quantitative estimate of drug-likeness (QED) is 0.825. The number of aliphatic carboxylic acids is 1. The third-order valence-corrected chi connectivity index (χ3v) is 3.91. The fourth-order valence-electron chi connectivity index (χ4n) is 1.22. The Morgan fingerprint density at radius 2 is 1.88 bits per heavy atom. The highest BCUT2D eigenvalue weighted by Crippen LogP contribution is 2.12. The first-order chi connectivity index (χ1) is 7.95. The van der Waals surface area contributed by atoms with E-state index >= 15 is 0 Å². The van der Waals surface area contributed by atoms with Crippen molar-refractivity contribution in [3.63, 3.8) is 0 Å². The Balaban J connectivity index is 2.66. The molecule has 0 aliphatic rings. The van der Waals surface area contributed by atoms with Crippen molar-refractivity contribution in [2.75, 3.05) is 12.4 Å². The van der Waals surface area contributed by atoms with E-state index in [1.807, 2.05) is 0 Å². The predicted octanol–water partition coefficient (Wildman–Crippen LogP) is 1.08. The molecule has 6 heteroatoms. The number of carbonyl (C=O) groups is 1. The van der Waals surface area contributed by atoms with E-state index in [-0.39, 0.29) is 23.9 Å². The van der Waals surface area contributed by atoms with Crippen molar-refractivity contribution < 1.29 is 23.1 Å². The van der Waals surface area contributed by atoms with Gasteiger partial charge in [0, 0.05) is 0 Å². The van der Waals surface area contributed by atoms with Gasteiger partial charge in [-0.15, -0.1) is 0 Å². The van der Waals surface area contributed by atoms with Crippen LogP contribution in [0, 0.1) is 0 Å². The van der Waals surface area contributed by atoms with Crippen LogP contribution in [0.3, 0.4) is 0 Å². The number of carboxylic acid groups (broad SMARTS) is 1. The zero-order chi connectivity index (χ0) is 12.9. The second-order valence-corrected chi connectivity index (χ2v) is 5.71. The minimum atomic E-state index is -3.18. The van der Waals surface area contributed by atoms with Gasteiger partial charge in [-0.25, -0.2) is 13.2 Å². The lowest BCUT2D eigenvalue weighted by Gasteiger charge is -2.04. The van der Waals surface area contributed by atoms with Crippen molar-refractivity contribution in [2.24, 2.45) is 0 Å². The Morgan fingerprint density at radius 3 is 2.35 bits per heavy atom. The molecule has 1 aromatic rings. The molecule has 0 saturated carbocycles. The van der Waals surface area contributed by atoms with Crippen molar-refractivity contribution >= 4 is 15.8 Å². The lowest BCUT2D eigenvalue weighted by molar-refractivity contribution is -0.142. The molecule has 0 unspecified atom stereocenters. The second kappa shape index (κ2) is 5.79. The van der Waals surface area contributed by atoms with Gasteiger partial charge in [-0.3, -0.25) is 0 Å². The van der Waals surface area contributed by atoms with Crippen molar-refractivity contribution in [1.29, 1.82) is 0 Å². The van der Waals surface area contributed by atoms with Crippen LogP contribution in [-0.2, 0) is 26.0 Å². The van der Waals surface area contributed by atoms with Crippen molar-refractivity contribution in [2.45, 2.75) is 18.4 Å². The number of sulfone groups is 1. The second-order valence-electron chi connectivity index (χ2n) is 3.43. The largest absolute Gasteiger partial charge is 0.480 e. The fourth-order valence-corrected chi connectivity index (χ4v) is 2.10. The summed E-state index contributed by atoms with van der Waals surface area (Å²) in [5, 5.41) is 8.37. The molecule has 1 aromatic carbocycles. The summed E-state index contributed by atoms with van der Waals surface area (Å²) in [4.78, 5) is 10.5. The number of carboxylic acids is 1. The van der Waals surface area contributed by atoms with Crippen LogP contribution in [0.4, 0.5) is 0 Å². The molecule has 1 N–H and O–H groups in total. The van der Waals surface area contributed by atoms with Gasteiger partial charge in [-0.1, -0.05) is 19.1 Å². The predicted molar refractivity (Wildman–Crippen MR) is 61.5 cm³/mol. The van der Waals surface area contributed by atoms with Gasteiger partial charge in [0.2, 0.25) is 0 Å². The van der Waals surface area contributed by atoms with Crippen LogP contribution in [0.1, 0.15) is 12.5 Å². The minimum Gasteiger partial charge on any atom is -0.480 e. The van der Waals surface area contributed by atoms with E-state index in [1.165, 1.54) is 12.1 Å². The number of hydrogen-bond donors (Lipinski definition) is 1. The molecule has 0 aliphatic carbocycles. The van der Waals surface area contributed by atoms with Crippen molar-refractivity contribution in [1.82, 2.24) is 0 Å². The van der Waals surface area contributed by atoms with E-state index in [4.69, 9.17) is 9.84 Å². The Kier molecular flexibility index (Phi) is 4.65. The van der Waals surface area contributed by atoms with E-state index in [2.05, 4.69) is 0 Å². The molecule has 17 heavy (non-hydrogen) atoms. The summed E-state index contributed by atoms with van der Waals surface area (Å²) < 4.78 is 27.9. The normalized spacial score (nSPS) is 11.4. The molecule has 0 radical (unpaired) electrons. The molecular formula is C11H14O5S. The van der Waals surface area contributed by atoms with Crippen LogP contribution in [0.15, 0.2) is 29.2 Å². The first-order valence-electron chi connectivity index (χ1n) is 5.07. The van der Waals surface area contributed by atoms with Gasteiger partial charge in [-0.2, -0.15) is 0 Å². The lowest BCUT2D eigenvalue weighted by Crippen LogP contribution is -2.07. The van der Waals surface area contributed by atoms with E-state index in [1.54, 1.807) is 19.1 Å². The Bertz CT molecular complexity index is 475. The summed E-state index contributed by atoms with van der Waals surface area (Å²) in [6, 6.07) is 6.23. The van der Waals surface area contributed by atoms with Crippen LogP contribution in [-0.4, -0.2) is 31.9 Å². The lowest BCUT2D eigenvalue weighted by atomic mass is 10.2. The molecule has 0 aliphatic heterocycles. The summed E-state index contributed by atoms with van der Waals surface area (Å²) in [5.74, 6) is -0.975. The van der Waals surface area contributed by atoms with Gasteiger partial charge in [-0.05, 0) is 17.7 Å². The number of ether oxygens (including phenoxy) is 1. The molecule has 5 nitrogen and oxygen atoms in total. The number of hydrogen-bond acceptors (Lipinski definition) is 4. The average molecular weight is 258 g/mol. The molecule has 0 bridgehead atoms.